The van der Waals surface area contributed by atoms with Gasteiger partial charge < -0.3 is 15.3 Å². The lowest BCUT2D eigenvalue weighted by molar-refractivity contribution is -0.151. The molecule has 148 valence electrons. The highest BCUT2D eigenvalue weighted by molar-refractivity contribution is 6.30. The molecule has 2 aliphatic rings. The van der Waals surface area contributed by atoms with Gasteiger partial charge in [0.2, 0.25) is 12.3 Å². The van der Waals surface area contributed by atoms with Gasteiger partial charge in [-0.1, -0.05) is 36.6 Å². The van der Waals surface area contributed by atoms with E-state index in [0.717, 1.165) is 31.2 Å². The normalized spacial score (nSPS) is 34.1. The standard InChI is InChI=1S/C21H29ClN2O3/c1-14-11-21(27,16-7-9-17(22)10-8-16)12-15(2)24(14)20(26)18-5-3-4-6-19(18)23-13-25/h7-10,13-15,18-19,27H,3-6,11-12H2,1-2H3,(H,23,25)/t14-,15?,18?,19?,21?/m0/s1. The summed E-state index contributed by atoms with van der Waals surface area (Å²) in [4.78, 5) is 26.2. The quantitative estimate of drug-likeness (QED) is 0.773. The molecule has 1 aliphatic heterocycles. The Kier molecular flexibility index (Phi) is 6.11. The van der Waals surface area contributed by atoms with Crippen LogP contribution in [0.4, 0.5) is 0 Å². The molecule has 1 saturated heterocycles. The first-order valence-electron chi connectivity index (χ1n) is 9.86. The molecule has 3 rings (SSSR count). The SMILES string of the molecule is CC1CC(O)(c2ccc(Cl)cc2)C[C@H](C)N1C(=O)C1CCCCC1NC=O. The van der Waals surface area contributed by atoms with E-state index in [9.17, 15) is 14.7 Å². The van der Waals surface area contributed by atoms with Gasteiger partial charge in [-0.2, -0.15) is 0 Å². The Balaban J connectivity index is 1.77. The predicted molar refractivity (Wildman–Crippen MR) is 105 cm³/mol. The molecule has 5 atom stereocenters. The first-order valence-corrected chi connectivity index (χ1v) is 10.2. The number of piperidine rings is 1. The minimum Gasteiger partial charge on any atom is -0.385 e. The van der Waals surface area contributed by atoms with E-state index in [1.165, 1.54) is 0 Å². The van der Waals surface area contributed by atoms with Crippen molar-refractivity contribution in [2.75, 3.05) is 0 Å². The summed E-state index contributed by atoms with van der Waals surface area (Å²) in [6.45, 7) is 4.00. The van der Waals surface area contributed by atoms with Crippen LogP contribution in [0.1, 0.15) is 57.9 Å². The molecule has 0 radical (unpaired) electrons. The lowest BCUT2D eigenvalue weighted by atomic mass is 9.76. The highest BCUT2D eigenvalue weighted by Crippen LogP contribution is 2.40. The minimum atomic E-state index is -0.965. The van der Waals surface area contributed by atoms with E-state index in [2.05, 4.69) is 5.32 Å². The van der Waals surface area contributed by atoms with Gasteiger partial charge in [0.15, 0.2) is 0 Å². The van der Waals surface area contributed by atoms with Crippen LogP contribution in [0.15, 0.2) is 24.3 Å². The van der Waals surface area contributed by atoms with Crippen molar-refractivity contribution in [1.82, 2.24) is 10.2 Å². The zero-order valence-corrected chi connectivity index (χ0v) is 16.8. The average Bonchev–Trinajstić information content (AvgIpc) is 2.62. The van der Waals surface area contributed by atoms with E-state index in [1.807, 2.05) is 30.9 Å². The van der Waals surface area contributed by atoms with Gasteiger partial charge in [-0.25, -0.2) is 0 Å². The summed E-state index contributed by atoms with van der Waals surface area (Å²) in [6.07, 6.45) is 5.39. The van der Waals surface area contributed by atoms with E-state index in [1.54, 1.807) is 12.1 Å². The number of carbonyl (C=O) groups is 2. The Labute approximate surface area is 166 Å². The number of hydrogen-bond acceptors (Lipinski definition) is 3. The highest BCUT2D eigenvalue weighted by atomic mass is 35.5. The largest absolute Gasteiger partial charge is 0.385 e. The molecule has 0 aromatic heterocycles. The van der Waals surface area contributed by atoms with Crippen LogP contribution in [0.5, 0.6) is 0 Å². The minimum absolute atomic E-state index is 0.0827. The van der Waals surface area contributed by atoms with Gasteiger partial charge in [0.1, 0.15) is 0 Å². The Morgan fingerprint density at radius 2 is 1.78 bits per heavy atom. The molecule has 0 bridgehead atoms. The first-order chi connectivity index (χ1) is 12.9. The number of nitrogens with zero attached hydrogens (tertiary/aromatic N) is 1. The van der Waals surface area contributed by atoms with Crippen molar-refractivity contribution < 1.29 is 14.7 Å². The van der Waals surface area contributed by atoms with E-state index in [4.69, 9.17) is 11.6 Å². The fourth-order valence-electron chi connectivity index (χ4n) is 5.03. The fourth-order valence-corrected chi connectivity index (χ4v) is 5.15. The second-order valence-electron chi connectivity index (χ2n) is 8.17. The van der Waals surface area contributed by atoms with Gasteiger partial charge >= 0.3 is 0 Å². The molecule has 1 aromatic rings. The topological polar surface area (TPSA) is 69.6 Å². The molecule has 1 saturated carbocycles. The smallest absolute Gasteiger partial charge is 0.228 e. The third-order valence-electron chi connectivity index (χ3n) is 6.22. The molecule has 1 aliphatic carbocycles. The highest BCUT2D eigenvalue weighted by Gasteiger charge is 2.45. The maximum Gasteiger partial charge on any atom is 0.228 e. The molecular formula is C21H29ClN2O3. The van der Waals surface area contributed by atoms with Crippen LogP contribution in [-0.2, 0) is 15.2 Å². The number of halogens is 1. The number of nitrogens with one attached hydrogen (secondary N) is 1. The fraction of sp³-hybridized carbons (Fsp3) is 0.619. The summed E-state index contributed by atoms with van der Waals surface area (Å²) in [5.74, 6) is -0.0669. The third kappa shape index (κ3) is 4.14. The molecule has 27 heavy (non-hydrogen) atoms. The van der Waals surface area contributed by atoms with Crippen LogP contribution in [0.3, 0.4) is 0 Å². The Morgan fingerprint density at radius 3 is 2.37 bits per heavy atom. The first kappa shape index (κ1) is 20.2. The number of likely N-dealkylation sites (tertiary alicyclic amines) is 1. The number of rotatable bonds is 4. The second kappa shape index (κ2) is 8.19. The van der Waals surface area contributed by atoms with Gasteiger partial charge in [-0.15, -0.1) is 0 Å². The van der Waals surface area contributed by atoms with Gasteiger partial charge in [0, 0.05) is 36.0 Å². The molecule has 4 unspecified atom stereocenters. The zero-order chi connectivity index (χ0) is 19.6. The monoisotopic (exact) mass is 392 g/mol. The number of aliphatic hydroxyl groups is 1. The lowest BCUT2D eigenvalue weighted by Gasteiger charge is -2.49. The number of benzene rings is 1. The van der Waals surface area contributed by atoms with Crippen LogP contribution in [0.2, 0.25) is 5.02 Å². The van der Waals surface area contributed by atoms with Crippen molar-refractivity contribution in [3.05, 3.63) is 34.9 Å². The van der Waals surface area contributed by atoms with Crippen molar-refractivity contribution in [2.45, 2.75) is 76.1 Å². The Bertz CT molecular complexity index is 667. The summed E-state index contributed by atoms with van der Waals surface area (Å²) < 4.78 is 0. The summed E-state index contributed by atoms with van der Waals surface area (Å²) in [5.41, 5.74) is -0.122. The summed E-state index contributed by atoms with van der Waals surface area (Å²) in [7, 11) is 0. The van der Waals surface area contributed by atoms with Crippen LogP contribution >= 0.6 is 11.6 Å². The van der Waals surface area contributed by atoms with Gasteiger partial charge in [0.25, 0.3) is 0 Å². The molecule has 1 heterocycles. The molecule has 0 spiro atoms. The van der Waals surface area contributed by atoms with Crippen LogP contribution in [-0.4, -0.2) is 40.4 Å². The molecule has 1 aromatic carbocycles. The number of amides is 2. The van der Waals surface area contributed by atoms with Crippen LogP contribution < -0.4 is 5.32 Å². The maximum atomic E-state index is 13.3. The number of carbonyl (C=O) groups excluding carboxylic acids is 2. The maximum absolute atomic E-state index is 13.3. The van der Waals surface area contributed by atoms with Crippen molar-refractivity contribution in [2.24, 2.45) is 5.92 Å². The van der Waals surface area contributed by atoms with E-state index in [-0.39, 0.29) is 30.0 Å². The van der Waals surface area contributed by atoms with Crippen molar-refractivity contribution in [3.8, 4) is 0 Å². The summed E-state index contributed by atoms with van der Waals surface area (Å²) >= 11 is 5.98. The number of hydrogen-bond donors (Lipinski definition) is 2. The Morgan fingerprint density at radius 1 is 1.19 bits per heavy atom. The van der Waals surface area contributed by atoms with E-state index in [0.29, 0.717) is 24.3 Å². The zero-order valence-electron chi connectivity index (χ0n) is 16.0. The van der Waals surface area contributed by atoms with Gasteiger partial charge in [0.05, 0.1) is 11.5 Å². The van der Waals surface area contributed by atoms with Gasteiger partial charge in [-0.3, -0.25) is 9.59 Å². The molecule has 2 amide bonds. The van der Waals surface area contributed by atoms with E-state index >= 15 is 0 Å². The predicted octanol–water partition coefficient (Wildman–Crippen LogP) is 3.23. The third-order valence-corrected chi connectivity index (χ3v) is 6.47. The molecule has 5 nitrogen and oxygen atoms in total. The summed E-state index contributed by atoms with van der Waals surface area (Å²) in [5, 5.41) is 14.8. The van der Waals surface area contributed by atoms with Crippen molar-refractivity contribution >= 4 is 23.9 Å². The lowest BCUT2D eigenvalue weighted by Crippen LogP contribution is -2.58. The average molecular weight is 393 g/mol. The second-order valence-corrected chi connectivity index (χ2v) is 8.61. The molecule has 2 fully saturated rings. The molecule has 2 N–H and O–H groups in total. The van der Waals surface area contributed by atoms with Crippen molar-refractivity contribution in [3.63, 3.8) is 0 Å². The summed E-state index contributed by atoms with van der Waals surface area (Å²) in [6, 6.07) is 7.06. The van der Waals surface area contributed by atoms with Crippen molar-refractivity contribution in [1.29, 1.82) is 0 Å². The van der Waals surface area contributed by atoms with Crippen LogP contribution in [0.25, 0.3) is 0 Å². The molecule has 6 heteroatoms. The van der Waals surface area contributed by atoms with Crippen LogP contribution in [0, 0.1) is 5.92 Å². The molecular weight excluding hydrogens is 364 g/mol. The van der Waals surface area contributed by atoms with E-state index < -0.39 is 5.60 Å². The Hall–Kier alpha value is -1.59. The van der Waals surface area contributed by atoms with Gasteiger partial charge in [-0.05, 0) is 44.4 Å².